The van der Waals surface area contributed by atoms with Gasteiger partial charge in [0.15, 0.2) is 28.8 Å². The standard InChI is InChI=1S/C22H23NO5/c1-2-7-23-12-16(8-14-3-5-18(24)20(26)10-14)22(28)17(13-23)9-15-4-6-19(25)21(27)11-15/h3-6,8-11,24-27H,2,7,12-13H2,1H3/b16-8+,17-9+. The average molecular weight is 381 g/mol. The number of carbonyl (C=O) groups is 1. The van der Waals surface area contributed by atoms with Gasteiger partial charge in [-0.25, -0.2) is 0 Å². The molecular weight excluding hydrogens is 358 g/mol. The predicted molar refractivity (Wildman–Crippen MR) is 107 cm³/mol. The molecule has 1 aliphatic heterocycles. The first-order valence-electron chi connectivity index (χ1n) is 9.09. The number of likely N-dealkylation sites (tertiary alicyclic amines) is 1. The Labute approximate surface area is 163 Å². The summed E-state index contributed by atoms with van der Waals surface area (Å²) in [5, 5.41) is 38.3. The number of phenols is 4. The zero-order valence-corrected chi connectivity index (χ0v) is 15.6. The van der Waals surface area contributed by atoms with E-state index in [1.807, 2.05) is 0 Å². The molecule has 146 valence electrons. The van der Waals surface area contributed by atoms with Crippen LogP contribution < -0.4 is 0 Å². The normalized spacial score (nSPS) is 18.1. The summed E-state index contributed by atoms with van der Waals surface area (Å²) in [5.74, 6) is -1.00. The molecule has 0 amide bonds. The zero-order chi connectivity index (χ0) is 20.3. The van der Waals surface area contributed by atoms with Crippen LogP contribution in [-0.4, -0.2) is 50.7 Å². The van der Waals surface area contributed by atoms with Crippen molar-refractivity contribution in [2.45, 2.75) is 13.3 Å². The molecule has 0 aliphatic carbocycles. The number of benzene rings is 2. The highest BCUT2D eigenvalue weighted by Crippen LogP contribution is 2.29. The van der Waals surface area contributed by atoms with Gasteiger partial charge in [-0.1, -0.05) is 19.1 Å². The van der Waals surface area contributed by atoms with Crippen LogP contribution in [0.3, 0.4) is 0 Å². The smallest absolute Gasteiger partial charge is 0.187 e. The van der Waals surface area contributed by atoms with E-state index in [1.54, 1.807) is 24.3 Å². The van der Waals surface area contributed by atoms with E-state index < -0.39 is 0 Å². The Morgan fingerprint density at radius 1 is 0.821 bits per heavy atom. The molecule has 6 nitrogen and oxygen atoms in total. The van der Waals surface area contributed by atoms with E-state index in [1.165, 1.54) is 24.3 Å². The molecule has 0 unspecified atom stereocenters. The highest BCUT2D eigenvalue weighted by atomic mass is 16.3. The van der Waals surface area contributed by atoms with Crippen LogP contribution in [0.5, 0.6) is 23.0 Å². The third-order valence-corrected chi connectivity index (χ3v) is 4.59. The Morgan fingerprint density at radius 3 is 1.68 bits per heavy atom. The lowest BCUT2D eigenvalue weighted by atomic mass is 9.94. The number of piperidine rings is 1. The fraction of sp³-hybridized carbons (Fsp3) is 0.227. The fourth-order valence-corrected chi connectivity index (χ4v) is 3.25. The van der Waals surface area contributed by atoms with Gasteiger partial charge in [-0.05, 0) is 60.5 Å². The van der Waals surface area contributed by atoms with Gasteiger partial charge in [0, 0.05) is 24.2 Å². The third-order valence-electron chi connectivity index (χ3n) is 4.59. The van der Waals surface area contributed by atoms with Gasteiger partial charge < -0.3 is 20.4 Å². The van der Waals surface area contributed by atoms with Crippen molar-refractivity contribution in [3.8, 4) is 23.0 Å². The van der Waals surface area contributed by atoms with E-state index in [-0.39, 0.29) is 28.8 Å². The van der Waals surface area contributed by atoms with Gasteiger partial charge in [-0.3, -0.25) is 9.69 Å². The van der Waals surface area contributed by atoms with Crippen LogP contribution in [0.1, 0.15) is 24.5 Å². The van der Waals surface area contributed by atoms with Crippen LogP contribution in [0.4, 0.5) is 0 Å². The molecule has 1 fully saturated rings. The third kappa shape index (κ3) is 4.35. The van der Waals surface area contributed by atoms with Crippen molar-refractivity contribution in [1.82, 2.24) is 4.90 Å². The quantitative estimate of drug-likeness (QED) is 0.479. The topological polar surface area (TPSA) is 101 Å². The zero-order valence-electron chi connectivity index (χ0n) is 15.6. The minimum absolute atomic E-state index is 0.104. The van der Waals surface area contributed by atoms with Gasteiger partial charge in [0.2, 0.25) is 0 Å². The molecule has 4 N–H and O–H groups in total. The molecule has 0 spiro atoms. The fourth-order valence-electron chi connectivity index (χ4n) is 3.25. The molecule has 0 atom stereocenters. The largest absolute Gasteiger partial charge is 0.504 e. The van der Waals surface area contributed by atoms with Gasteiger partial charge in [0.05, 0.1) is 0 Å². The minimum atomic E-state index is -0.238. The molecule has 0 bridgehead atoms. The van der Waals surface area contributed by atoms with Crippen molar-refractivity contribution in [3.05, 3.63) is 58.7 Å². The van der Waals surface area contributed by atoms with Crippen LogP contribution in [0.25, 0.3) is 12.2 Å². The van der Waals surface area contributed by atoms with Crippen LogP contribution in [-0.2, 0) is 4.79 Å². The van der Waals surface area contributed by atoms with E-state index in [2.05, 4.69) is 11.8 Å². The van der Waals surface area contributed by atoms with Crippen LogP contribution in [0, 0.1) is 0 Å². The Hall–Kier alpha value is -3.25. The van der Waals surface area contributed by atoms with Crippen molar-refractivity contribution >= 4 is 17.9 Å². The van der Waals surface area contributed by atoms with Gasteiger partial charge in [0.1, 0.15) is 0 Å². The highest BCUT2D eigenvalue weighted by molar-refractivity contribution is 6.14. The Bertz CT molecular complexity index is 888. The molecule has 3 rings (SSSR count). The summed E-state index contributed by atoms with van der Waals surface area (Å²) in [7, 11) is 0. The number of rotatable bonds is 4. The molecule has 1 heterocycles. The summed E-state index contributed by atoms with van der Waals surface area (Å²) in [6.07, 6.45) is 4.37. The summed E-state index contributed by atoms with van der Waals surface area (Å²) in [4.78, 5) is 15.2. The number of nitrogens with zero attached hydrogens (tertiary/aromatic N) is 1. The number of aromatic hydroxyl groups is 4. The first-order chi connectivity index (χ1) is 13.4. The molecule has 1 saturated heterocycles. The number of ketones is 1. The van der Waals surface area contributed by atoms with E-state index >= 15 is 0 Å². The minimum Gasteiger partial charge on any atom is -0.504 e. The van der Waals surface area contributed by atoms with E-state index in [9.17, 15) is 25.2 Å². The summed E-state index contributed by atoms with van der Waals surface area (Å²) >= 11 is 0. The molecule has 0 radical (unpaired) electrons. The summed E-state index contributed by atoms with van der Waals surface area (Å²) in [6, 6.07) is 8.86. The Morgan fingerprint density at radius 2 is 1.29 bits per heavy atom. The second kappa shape index (κ2) is 8.19. The van der Waals surface area contributed by atoms with Crippen molar-refractivity contribution in [2.75, 3.05) is 19.6 Å². The van der Waals surface area contributed by atoms with E-state index in [0.717, 1.165) is 13.0 Å². The van der Waals surface area contributed by atoms with Gasteiger partial charge in [-0.2, -0.15) is 0 Å². The second-order valence-corrected chi connectivity index (χ2v) is 6.88. The van der Waals surface area contributed by atoms with Gasteiger partial charge in [-0.15, -0.1) is 0 Å². The maximum absolute atomic E-state index is 13.0. The Kier molecular flexibility index (Phi) is 5.70. The highest BCUT2D eigenvalue weighted by Gasteiger charge is 2.25. The number of hydrogen-bond acceptors (Lipinski definition) is 6. The molecule has 0 aromatic heterocycles. The molecule has 1 aliphatic rings. The lowest BCUT2D eigenvalue weighted by Gasteiger charge is -2.29. The van der Waals surface area contributed by atoms with Crippen molar-refractivity contribution < 1.29 is 25.2 Å². The number of phenolic OH excluding ortho intramolecular Hbond substituents is 4. The maximum Gasteiger partial charge on any atom is 0.187 e. The van der Waals surface area contributed by atoms with Gasteiger partial charge in [0.25, 0.3) is 0 Å². The number of hydrogen-bond donors (Lipinski definition) is 4. The van der Waals surface area contributed by atoms with Crippen LogP contribution in [0.15, 0.2) is 47.5 Å². The molecule has 28 heavy (non-hydrogen) atoms. The first kappa shape index (κ1) is 19.5. The monoisotopic (exact) mass is 381 g/mol. The lowest BCUT2D eigenvalue weighted by molar-refractivity contribution is -0.113. The number of Topliss-reactive ketones (excluding diaryl/α,β-unsaturated/α-hetero) is 1. The van der Waals surface area contributed by atoms with E-state index in [0.29, 0.717) is 35.4 Å². The van der Waals surface area contributed by atoms with Crippen LogP contribution >= 0.6 is 0 Å². The maximum atomic E-state index is 13.0. The first-order valence-corrected chi connectivity index (χ1v) is 9.09. The van der Waals surface area contributed by atoms with E-state index in [4.69, 9.17) is 0 Å². The molecule has 0 saturated carbocycles. The lowest BCUT2D eigenvalue weighted by Crippen LogP contribution is -2.38. The van der Waals surface area contributed by atoms with Crippen LogP contribution in [0.2, 0.25) is 0 Å². The average Bonchev–Trinajstić information content (AvgIpc) is 2.65. The molecular formula is C22H23NO5. The summed E-state index contributed by atoms with van der Waals surface area (Å²) in [6.45, 7) is 3.88. The SMILES string of the molecule is CCCN1C/C(=C\c2ccc(O)c(O)c2)C(=O)/C(=C/c2ccc(O)c(O)c2)C1. The van der Waals surface area contributed by atoms with Crippen molar-refractivity contribution in [3.63, 3.8) is 0 Å². The molecule has 2 aromatic rings. The van der Waals surface area contributed by atoms with Crippen molar-refractivity contribution in [2.24, 2.45) is 0 Å². The Balaban J connectivity index is 1.97. The summed E-state index contributed by atoms with van der Waals surface area (Å²) in [5.41, 5.74) is 2.41. The molecule has 6 heteroatoms. The second-order valence-electron chi connectivity index (χ2n) is 6.88. The molecule has 2 aromatic carbocycles. The number of carbonyl (C=O) groups excluding carboxylic acids is 1. The predicted octanol–water partition coefficient (Wildman–Crippen LogP) is 3.27. The van der Waals surface area contributed by atoms with Gasteiger partial charge >= 0.3 is 0 Å². The summed E-state index contributed by atoms with van der Waals surface area (Å²) < 4.78 is 0. The van der Waals surface area contributed by atoms with Crippen molar-refractivity contribution in [1.29, 1.82) is 0 Å².